The minimum Gasteiger partial charge on any atom is -0.375 e. The van der Waals surface area contributed by atoms with Crippen LogP contribution in [-0.2, 0) is 4.74 Å². The Morgan fingerprint density at radius 2 is 1.52 bits per heavy atom. The van der Waals surface area contributed by atoms with Crippen molar-refractivity contribution in [2.75, 3.05) is 0 Å². The first-order valence-corrected chi connectivity index (χ1v) is 8.39. The van der Waals surface area contributed by atoms with E-state index in [1.807, 2.05) is 0 Å². The third kappa shape index (κ3) is 5.22. The first kappa shape index (κ1) is 18.9. The van der Waals surface area contributed by atoms with Crippen molar-refractivity contribution in [3.63, 3.8) is 0 Å². The fraction of sp³-hybridized carbons (Fsp3) is 1.00. The molecule has 0 bridgehead atoms. The average molecular weight is 299 g/mol. The molecular formula is C18H37NO2. The van der Waals surface area contributed by atoms with Crippen molar-refractivity contribution in [2.45, 2.75) is 105 Å². The fourth-order valence-electron chi connectivity index (χ4n) is 3.57. The van der Waals surface area contributed by atoms with Gasteiger partial charge in [0.15, 0.2) is 0 Å². The summed E-state index contributed by atoms with van der Waals surface area (Å²) in [5.74, 6) is 0.516. The SMILES string of the molecule is CC(C)C(CC(C)(C)C)OC1CC(C)(C)N(O)C(C)(C)C1. The smallest absolute Gasteiger partial charge is 0.0615 e. The Morgan fingerprint density at radius 1 is 1.10 bits per heavy atom. The molecule has 0 aromatic carbocycles. The second kappa shape index (κ2) is 6.17. The molecule has 1 atom stereocenters. The van der Waals surface area contributed by atoms with Gasteiger partial charge in [-0.15, -0.1) is 0 Å². The topological polar surface area (TPSA) is 32.7 Å². The third-order valence-electron chi connectivity index (χ3n) is 4.53. The summed E-state index contributed by atoms with van der Waals surface area (Å²) in [7, 11) is 0. The summed E-state index contributed by atoms with van der Waals surface area (Å²) >= 11 is 0. The highest BCUT2D eigenvalue weighted by molar-refractivity contribution is 4.97. The van der Waals surface area contributed by atoms with Crippen LogP contribution in [0.25, 0.3) is 0 Å². The lowest BCUT2D eigenvalue weighted by Gasteiger charge is -2.52. The van der Waals surface area contributed by atoms with Crippen molar-refractivity contribution >= 4 is 0 Å². The molecule has 1 N–H and O–H groups in total. The molecule has 0 aromatic heterocycles. The number of hydrogen-bond donors (Lipinski definition) is 1. The highest BCUT2D eigenvalue weighted by Gasteiger charge is 2.46. The van der Waals surface area contributed by atoms with Crippen molar-refractivity contribution in [2.24, 2.45) is 11.3 Å². The maximum absolute atomic E-state index is 10.4. The molecule has 1 aliphatic heterocycles. The molecule has 1 fully saturated rings. The lowest BCUT2D eigenvalue weighted by Crippen LogP contribution is -2.61. The van der Waals surface area contributed by atoms with Crippen LogP contribution in [0.15, 0.2) is 0 Å². The Bertz CT molecular complexity index is 324. The standard InChI is InChI=1S/C18H37NO2/c1-13(2)15(12-16(3,4)5)21-14-10-17(6,7)19(20)18(8,9)11-14/h13-15,20H,10-12H2,1-9H3. The molecule has 0 saturated carbocycles. The zero-order chi connectivity index (χ0) is 16.6. The van der Waals surface area contributed by atoms with Gasteiger partial charge >= 0.3 is 0 Å². The molecule has 126 valence electrons. The van der Waals surface area contributed by atoms with Gasteiger partial charge in [0.05, 0.1) is 12.2 Å². The first-order valence-electron chi connectivity index (χ1n) is 8.39. The molecule has 0 spiro atoms. The summed E-state index contributed by atoms with van der Waals surface area (Å²) in [5, 5.41) is 11.9. The minimum atomic E-state index is -0.240. The van der Waals surface area contributed by atoms with Gasteiger partial charge in [0, 0.05) is 11.1 Å². The van der Waals surface area contributed by atoms with Crippen LogP contribution in [0.2, 0.25) is 0 Å². The summed E-state index contributed by atoms with van der Waals surface area (Å²) in [6, 6.07) is 0. The van der Waals surface area contributed by atoms with Crippen LogP contribution in [0.3, 0.4) is 0 Å². The second-order valence-electron chi connectivity index (χ2n) is 9.65. The summed E-state index contributed by atoms with van der Waals surface area (Å²) in [6.07, 6.45) is 3.32. The number of rotatable bonds is 4. The fourth-order valence-corrected chi connectivity index (χ4v) is 3.57. The van der Waals surface area contributed by atoms with E-state index >= 15 is 0 Å². The Kier molecular flexibility index (Phi) is 5.56. The van der Waals surface area contributed by atoms with E-state index in [9.17, 15) is 5.21 Å². The van der Waals surface area contributed by atoms with Crippen molar-refractivity contribution in [3.05, 3.63) is 0 Å². The summed E-state index contributed by atoms with van der Waals surface area (Å²) in [6.45, 7) is 19.7. The lowest BCUT2D eigenvalue weighted by molar-refractivity contribution is -0.266. The summed E-state index contributed by atoms with van der Waals surface area (Å²) in [4.78, 5) is 0. The largest absolute Gasteiger partial charge is 0.375 e. The van der Waals surface area contributed by atoms with Gasteiger partial charge in [0.25, 0.3) is 0 Å². The van der Waals surface area contributed by atoms with E-state index in [4.69, 9.17) is 4.74 Å². The van der Waals surface area contributed by atoms with Crippen molar-refractivity contribution in [1.29, 1.82) is 0 Å². The van der Waals surface area contributed by atoms with Gasteiger partial charge in [-0.05, 0) is 58.3 Å². The number of piperidine rings is 1. The Labute approximate surface area is 132 Å². The molecule has 1 rings (SSSR count). The molecule has 1 aliphatic rings. The first-order chi connectivity index (χ1) is 9.24. The monoisotopic (exact) mass is 299 g/mol. The van der Waals surface area contributed by atoms with Crippen LogP contribution in [0.1, 0.15) is 81.6 Å². The molecule has 0 aromatic rings. The van der Waals surface area contributed by atoms with Crippen LogP contribution in [0.4, 0.5) is 0 Å². The predicted octanol–water partition coefficient (Wildman–Crippen LogP) is 4.87. The predicted molar refractivity (Wildman–Crippen MR) is 88.6 cm³/mol. The highest BCUT2D eigenvalue weighted by atomic mass is 16.5. The lowest BCUT2D eigenvalue weighted by atomic mass is 9.79. The summed E-state index contributed by atoms with van der Waals surface area (Å²) < 4.78 is 6.51. The molecule has 0 radical (unpaired) electrons. The molecule has 21 heavy (non-hydrogen) atoms. The molecule has 1 unspecified atom stereocenters. The van der Waals surface area contributed by atoms with E-state index in [1.165, 1.54) is 5.06 Å². The van der Waals surface area contributed by atoms with Crippen molar-refractivity contribution in [3.8, 4) is 0 Å². The normalized spacial score (nSPS) is 25.3. The average Bonchev–Trinajstić information content (AvgIpc) is 2.22. The van der Waals surface area contributed by atoms with E-state index in [1.54, 1.807) is 0 Å². The van der Waals surface area contributed by atoms with Gasteiger partial charge in [0.2, 0.25) is 0 Å². The highest BCUT2D eigenvalue weighted by Crippen LogP contribution is 2.39. The van der Waals surface area contributed by atoms with Crippen LogP contribution in [-0.4, -0.2) is 33.6 Å². The molecule has 1 heterocycles. The van der Waals surface area contributed by atoms with E-state index < -0.39 is 0 Å². The Hall–Kier alpha value is -0.120. The van der Waals surface area contributed by atoms with E-state index in [-0.39, 0.29) is 28.7 Å². The van der Waals surface area contributed by atoms with Crippen LogP contribution < -0.4 is 0 Å². The van der Waals surface area contributed by atoms with E-state index in [0.717, 1.165) is 19.3 Å². The third-order valence-corrected chi connectivity index (χ3v) is 4.53. The molecule has 3 nitrogen and oxygen atoms in total. The Morgan fingerprint density at radius 3 is 1.86 bits per heavy atom. The van der Waals surface area contributed by atoms with Crippen LogP contribution in [0, 0.1) is 11.3 Å². The summed E-state index contributed by atoms with van der Waals surface area (Å²) in [5.41, 5.74) is -0.205. The van der Waals surface area contributed by atoms with Gasteiger partial charge in [0.1, 0.15) is 0 Å². The van der Waals surface area contributed by atoms with Gasteiger partial charge in [-0.2, -0.15) is 5.06 Å². The number of nitrogens with zero attached hydrogens (tertiary/aromatic N) is 1. The van der Waals surface area contributed by atoms with Crippen LogP contribution in [0.5, 0.6) is 0 Å². The van der Waals surface area contributed by atoms with Crippen molar-refractivity contribution < 1.29 is 9.94 Å². The Balaban J connectivity index is 2.80. The minimum absolute atomic E-state index is 0.216. The maximum atomic E-state index is 10.4. The van der Waals surface area contributed by atoms with Gasteiger partial charge in [-0.1, -0.05) is 34.6 Å². The quantitative estimate of drug-likeness (QED) is 0.803. The molecule has 0 aliphatic carbocycles. The van der Waals surface area contributed by atoms with Gasteiger partial charge in [-0.25, -0.2) is 0 Å². The number of ether oxygens (including phenoxy) is 1. The zero-order valence-electron chi connectivity index (χ0n) is 15.7. The molecule has 0 amide bonds. The van der Waals surface area contributed by atoms with Crippen molar-refractivity contribution in [1.82, 2.24) is 5.06 Å². The zero-order valence-corrected chi connectivity index (χ0v) is 15.7. The molecule has 3 heteroatoms. The number of hydrogen-bond acceptors (Lipinski definition) is 3. The van der Waals surface area contributed by atoms with Crippen LogP contribution >= 0.6 is 0 Å². The van der Waals surface area contributed by atoms with Gasteiger partial charge < -0.3 is 9.94 Å². The van der Waals surface area contributed by atoms with Gasteiger partial charge in [-0.3, -0.25) is 0 Å². The second-order valence-corrected chi connectivity index (χ2v) is 9.65. The van der Waals surface area contributed by atoms with E-state index in [2.05, 4.69) is 62.3 Å². The molecule has 1 saturated heterocycles. The van der Waals surface area contributed by atoms with E-state index in [0.29, 0.717) is 5.92 Å². The maximum Gasteiger partial charge on any atom is 0.0615 e. The molecular weight excluding hydrogens is 262 g/mol. The number of hydroxylamine groups is 2.